The van der Waals surface area contributed by atoms with Gasteiger partial charge in [-0.1, -0.05) is 40.9 Å². The number of rotatable bonds is 7. The number of anilines is 1. The number of amides is 1. The first-order valence-corrected chi connectivity index (χ1v) is 10.2. The van der Waals surface area contributed by atoms with Gasteiger partial charge in [0.05, 0.1) is 29.4 Å². The van der Waals surface area contributed by atoms with E-state index in [1.165, 1.54) is 24.4 Å². The number of nitrogens with zero attached hydrogens (tertiary/aromatic N) is 3. The monoisotopic (exact) mass is 486 g/mol. The third kappa shape index (κ3) is 6.20. The molecule has 1 N–H and O–H groups in total. The van der Waals surface area contributed by atoms with E-state index < -0.39 is 10.8 Å². The Balaban J connectivity index is 1.60. The highest BCUT2D eigenvalue weighted by molar-refractivity contribution is 6.44. The molecule has 1 heterocycles. The second-order valence-corrected chi connectivity index (χ2v) is 7.61. The summed E-state index contributed by atoms with van der Waals surface area (Å²) in [6.45, 7) is 1.80. The smallest absolute Gasteiger partial charge is 0.293 e. The lowest BCUT2D eigenvalue weighted by atomic mass is 10.1. The maximum atomic E-state index is 11.9. The maximum Gasteiger partial charge on any atom is 0.293 e. The first kappa shape index (κ1) is 23.1. The first-order chi connectivity index (χ1) is 14.8. The number of carbonyl (C=O) groups is 1. The molecule has 12 heteroatoms. The molecular weight excluding hydrogens is 471 g/mol. The van der Waals surface area contributed by atoms with Crippen LogP contribution < -0.4 is 15.1 Å². The van der Waals surface area contributed by atoms with E-state index in [4.69, 9.17) is 44.3 Å². The molecule has 0 bridgehead atoms. The number of benzene rings is 2. The number of hydrazone groups is 1. The Labute approximate surface area is 192 Å². The van der Waals surface area contributed by atoms with Crippen LogP contribution in [0.5, 0.6) is 5.75 Å². The van der Waals surface area contributed by atoms with Gasteiger partial charge in [-0.05, 0) is 12.1 Å². The van der Waals surface area contributed by atoms with Crippen LogP contribution in [-0.4, -0.2) is 50.0 Å². The van der Waals surface area contributed by atoms with Crippen molar-refractivity contribution in [3.05, 3.63) is 61.1 Å². The van der Waals surface area contributed by atoms with Crippen molar-refractivity contribution in [2.45, 2.75) is 0 Å². The van der Waals surface area contributed by atoms with Crippen molar-refractivity contribution in [2.24, 2.45) is 5.10 Å². The summed E-state index contributed by atoms with van der Waals surface area (Å²) in [5, 5.41) is 15.9. The molecule has 0 atom stereocenters. The minimum absolute atomic E-state index is 0.0482. The van der Waals surface area contributed by atoms with Crippen molar-refractivity contribution < 1.29 is 19.2 Å². The predicted octanol–water partition coefficient (Wildman–Crippen LogP) is 3.92. The van der Waals surface area contributed by atoms with E-state index in [0.29, 0.717) is 42.6 Å². The number of carbonyl (C=O) groups excluding carboxylic acids is 1. The van der Waals surface area contributed by atoms with E-state index in [1.807, 2.05) is 4.90 Å². The minimum atomic E-state index is -0.567. The number of morpholine rings is 1. The van der Waals surface area contributed by atoms with Crippen molar-refractivity contribution in [1.29, 1.82) is 0 Å². The molecule has 2 aromatic rings. The van der Waals surface area contributed by atoms with Crippen LogP contribution in [-0.2, 0) is 9.53 Å². The molecule has 1 amide bonds. The van der Waals surface area contributed by atoms with Crippen LogP contribution in [0.15, 0.2) is 35.4 Å². The molecule has 164 valence electrons. The summed E-state index contributed by atoms with van der Waals surface area (Å²) >= 11 is 17.8. The maximum absolute atomic E-state index is 11.9. The normalized spacial score (nSPS) is 14.0. The largest absolute Gasteiger partial charge is 0.482 e. The Hall–Kier alpha value is -2.59. The zero-order valence-corrected chi connectivity index (χ0v) is 18.3. The van der Waals surface area contributed by atoms with Crippen LogP contribution in [0.2, 0.25) is 15.1 Å². The zero-order valence-electron chi connectivity index (χ0n) is 16.0. The number of nitrogens with one attached hydrogen (secondary N) is 1. The Bertz CT molecular complexity index is 1010. The van der Waals surface area contributed by atoms with Gasteiger partial charge in [0.15, 0.2) is 6.61 Å². The fourth-order valence-corrected chi connectivity index (χ4v) is 3.47. The number of hydrogen-bond acceptors (Lipinski definition) is 7. The van der Waals surface area contributed by atoms with Gasteiger partial charge in [0.25, 0.3) is 11.6 Å². The summed E-state index contributed by atoms with van der Waals surface area (Å²) < 4.78 is 10.6. The standard InChI is InChI=1S/C19H17Cl3N4O5/c20-13-8-14(21)19(22)17(9-13)31-11-18(27)24-23-10-12-1-2-15(16(7-12)26(28)29)25-3-5-30-6-4-25/h1-2,7-10H,3-6,11H2,(H,24,27)/b23-10-. The molecule has 1 aliphatic rings. The van der Waals surface area contributed by atoms with Gasteiger partial charge in [-0.15, -0.1) is 0 Å². The van der Waals surface area contributed by atoms with E-state index >= 15 is 0 Å². The van der Waals surface area contributed by atoms with E-state index in [2.05, 4.69) is 10.5 Å². The molecule has 0 aromatic heterocycles. The topological polar surface area (TPSA) is 106 Å². The number of nitro benzene ring substituents is 1. The molecule has 0 spiro atoms. The lowest BCUT2D eigenvalue weighted by Gasteiger charge is -2.28. The average Bonchev–Trinajstić information content (AvgIpc) is 2.75. The van der Waals surface area contributed by atoms with Gasteiger partial charge in [0, 0.05) is 35.8 Å². The van der Waals surface area contributed by atoms with Gasteiger partial charge in [-0.25, -0.2) is 5.43 Å². The highest BCUT2D eigenvalue weighted by Crippen LogP contribution is 2.35. The Morgan fingerprint density at radius 3 is 2.71 bits per heavy atom. The van der Waals surface area contributed by atoms with Gasteiger partial charge in [-0.2, -0.15) is 5.10 Å². The van der Waals surface area contributed by atoms with Gasteiger partial charge in [-0.3, -0.25) is 14.9 Å². The van der Waals surface area contributed by atoms with E-state index in [0.717, 1.165) is 0 Å². The first-order valence-electron chi connectivity index (χ1n) is 9.05. The SMILES string of the molecule is O=C(COc1cc(Cl)cc(Cl)c1Cl)N/N=C\c1ccc(N2CCOCC2)c([N+](=O)[O-])c1. The Morgan fingerprint density at radius 2 is 2.00 bits per heavy atom. The fourth-order valence-electron chi connectivity index (χ4n) is 2.83. The predicted molar refractivity (Wildman–Crippen MR) is 119 cm³/mol. The second kappa shape index (κ2) is 10.6. The number of nitro groups is 1. The average molecular weight is 488 g/mol. The van der Waals surface area contributed by atoms with Crippen LogP contribution in [0, 0.1) is 10.1 Å². The van der Waals surface area contributed by atoms with Crippen LogP contribution >= 0.6 is 34.8 Å². The summed E-state index contributed by atoms with van der Waals surface area (Å²) in [6.07, 6.45) is 1.30. The molecule has 31 heavy (non-hydrogen) atoms. The van der Waals surface area contributed by atoms with Gasteiger partial charge < -0.3 is 14.4 Å². The van der Waals surface area contributed by atoms with Crippen LogP contribution in [0.4, 0.5) is 11.4 Å². The highest BCUT2D eigenvalue weighted by Gasteiger charge is 2.21. The molecule has 0 saturated carbocycles. The van der Waals surface area contributed by atoms with E-state index in [9.17, 15) is 14.9 Å². The lowest BCUT2D eigenvalue weighted by molar-refractivity contribution is -0.384. The van der Waals surface area contributed by atoms with Crippen LogP contribution in [0.1, 0.15) is 5.56 Å². The number of hydrogen-bond donors (Lipinski definition) is 1. The molecule has 1 fully saturated rings. The molecule has 3 rings (SSSR count). The molecule has 1 aliphatic heterocycles. The molecule has 0 unspecified atom stereocenters. The molecule has 9 nitrogen and oxygen atoms in total. The second-order valence-electron chi connectivity index (χ2n) is 6.39. The molecule has 2 aromatic carbocycles. The van der Waals surface area contributed by atoms with Gasteiger partial charge in [0.2, 0.25) is 0 Å². The van der Waals surface area contributed by atoms with E-state index in [-0.39, 0.29) is 28.1 Å². The van der Waals surface area contributed by atoms with E-state index in [1.54, 1.807) is 12.1 Å². The van der Waals surface area contributed by atoms with Gasteiger partial charge in [0.1, 0.15) is 16.5 Å². The quantitative estimate of drug-likeness (QED) is 0.275. The van der Waals surface area contributed by atoms with Crippen molar-refractivity contribution in [2.75, 3.05) is 37.8 Å². The van der Waals surface area contributed by atoms with Gasteiger partial charge >= 0.3 is 0 Å². The lowest BCUT2D eigenvalue weighted by Crippen LogP contribution is -2.36. The third-order valence-electron chi connectivity index (χ3n) is 4.27. The van der Waals surface area contributed by atoms with Crippen LogP contribution in [0.3, 0.4) is 0 Å². The summed E-state index contributed by atoms with van der Waals surface area (Å²) in [5.74, 6) is -0.407. The van der Waals surface area contributed by atoms with Crippen molar-refractivity contribution in [3.63, 3.8) is 0 Å². The summed E-state index contributed by atoms with van der Waals surface area (Å²) in [7, 11) is 0. The molecule has 0 aliphatic carbocycles. The summed E-state index contributed by atoms with van der Waals surface area (Å²) in [6, 6.07) is 7.61. The number of ether oxygens (including phenoxy) is 2. The molecule has 0 radical (unpaired) electrons. The fraction of sp³-hybridized carbons (Fsp3) is 0.263. The zero-order chi connectivity index (χ0) is 22.4. The molecular formula is C19H17Cl3N4O5. The molecule has 1 saturated heterocycles. The van der Waals surface area contributed by atoms with Crippen molar-refractivity contribution >= 4 is 58.3 Å². The van der Waals surface area contributed by atoms with Crippen molar-refractivity contribution in [3.8, 4) is 5.75 Å². The summed E-state index contributed by atoms with van der Waals surface area (Å²) in [4.78, 5) is 24.9. The highest BCUT2D eigenvalue weighted by atomic mass is 35.5. The van der Waals surface area contributed by atoms with Crippen molar-refractivity contribution in [1.82, 2.24) is 5.43 Å². The number of halogens is 3. The van der Waals surface area contributed by atoms with Crippen LogP contribution in [0.25, 0.3) is 0 Å². The third-order valence-corrected chi connectivity index (χ3v) is 5.27. The minimum Gasteiger partial charge on any atom is -0.482 e. The summed E-state index contributed by atoms with van der Waals surface area (Å²) in [5.41, 5.74) is 3.20. The Kier molecular flexibility index (Phi) is 7.91. The Morgan fingerprint density at radius 1 is 1.26 bits per heavy atom.